The molecule has 0 saturated carbocycles. The van der Waals surface area contributed by atoms with Crippen molar-refractivity contribution in [2.45, 2.75) is 136 Å². The first-order valence-corrected chi connectivity index (χ1v) is 14.7. The van der Waals surface area contributed by atoms with E-state index in [1.54, 1.807) is 0 Å². The van der Waals surface area contributed by atoms with Crippen LogP contribution in [0.4, 0.5) is 0 Å². The Bertz CT molecular complexity index is 560. The lowest BCUT2D eigenvalue weighted by atomic mass is 10.0. The maximum Gasteiger partial charge on any atom is 0.104 e. The Morgan fingerprint density at radius 3 is 1.36 bits per heavy atom. The molecule has 1 aromatic rings. The van der Waals surface area contributed by atoms with Crippen molar-refractivity contribution >= 4 is 6.08 Å². The van der Waals surface area contributed by atoms with Gasteiger partial charge in [0.05, 0.1) is 20.1 Å². The molecule has 0 N–H and O–H groups in total. The number of hydrogen-bond acceptors (Lipinski definition) is 0. The van der Waals surface area contributed by atoms with Crippen LogP contribution < -0.4 is 0 Å². The highest BCUT2D eigenvalue weighted by atomic mass is 15.3. The molecule has 1 atom stereocenters. The highest BCUT2D eigenvalue weighted by Crippen LogP contribution is 2.17. The summed E-state index contributed by atoms with van der Waals surface area (Å²) in [5, 5.41) is 0. The van der Waals surface area contributed by atoms with Crippen LogP contribution in [0.2, 0.25) is 0 Å². The number of hydrogen-bond donors (Lipinski definition) is 0. The van der Waals surface area contributed by atoms with Crippen LogP contribution in [0.25, 0.3) is 6.08 Å². The quantitative estimate of drug-likeness (QED) is 0.113. The van der Waals surface area contributed by atoms with E-state index >= 15 is 0 Å². The highest BCUT2D eigenvalue weighted by molar-refractivity contribution is 5.47. The molecule has 0 amide bonds. The average molecular weight is 457 g/mol. The lowest BCUT2D eigenvalue weighted by Gasteiger charge is -2.33. The van der Waals surface area contributed by atoms with Crippen molar-refractivity contribution in [3.63, 3.8) is 0 Å². The Morgan fingerprint density at radius 2 is 1.00 bits per heavy atom. The number of quaternary nitrogens is 1. The standard InChI is InChI=1S/C32H58N/c1-5-8-9-10-11-12-13-14-15-16-17-18-19-20-21-22-23-24-29-33(4,7-3)30-32-27-25-31(6-2)26-28-32/h6,25-28H,2,5,7-24,29-30H2,1,3-4H3/q+1. The fourth-order valence-electron chi connectivity index (χ4n) is 4.94. The molecule has 1 unspecified atom stereocenters. The van der Waals surface area contributed by atoms with Crippen molar-refractivity contribution in [2.75, 3.05) is 20.1 Å². The maximum atomic E-state index is 3.86. The van der Waals surface area contributed by atoms with Crippen LogP contribution in [0.15, 0.2) is 30.8 Å². The summed E-state index contributed by atoms with van der Waals surface area (Å²) in [4.78, 5) is 0. The Balaban J connectivity index is 1.91. The summed E-state index contributed by atoms with van der Waals surface area (Å²) in [7, 11) is 2.43. The molecular weight excluding hydrogens is 398 g/mol. The zero-order valence-corrected chi connectivity index (χ0v) is 22.9. The fraction of sp³-hybridized carbons (Fsp3) is 0.750. The van der Waals surface area contributed by atoms with E-state index in [-0.39, 0.29) is 0 Å². The molecule has 1 nitrogen and oxygen atoms in total. The van der Waals surface area contributed by atoms with Gasteiger partial charge in [0, 0.05) is 5.56 Å². The van der Waals surface area contributed by atoms with Crippen molar-refractivity contribution in [2.24, 2.45) is 0 Å². The average Bonchev–Trinajstić information content (AvgIpc) is 2.83. The molecule has 0 spiro atoms. The molecule has 1 aromatic carbocycles. The monoisotopic (exact) mass is 456 g/mol. The van der Waals surface area contributed by atoms with Gasteiger partial charge in [-0.1, -0.05) is 147 Å². The minimum atomic E-state index is 1.15. The van der Waals surface area contributed by atoms with E-state index in [9.17, 15) is 0 Å². The van der Waals surface area contributed by atoms with Crippen LogP contribution >= 0.6 is 0 Å². The first kappa shape index (κ1) is 30.0. The van der Waals surface area contributed by atoms with Crippen LogP contribution in [0.5, 0.6) is 0 Å². The predicted molar refractivity (Wildman–Crippen MR) is 151 cm³/mol. The molecule has 1 rings (SSSR count). The van der Waals surface area contributed by atoms with Crippen molar-refractivity contribution in [3.8, 4) is 0 Å². The largest absolute Gasteiger partial charge is 0.323 e. The summed E-state index contributed by atoms with van der Waals surface area (Å²) in [6.45, 7) is 12.2. The van der Waals surface area contributed by atoms with Gasteiger partial charge < -0.3 is 4.48 Å². The molecule has 33 heavy (non-hydrogen) atoms. The second-order valence-electron chi connectivity index (χ2n) is 10.8. The van der Waals surface area contributed by atoms with Crippen molar-refractivity contribution in [3.05, 3.63) is 42.0 Å². The summed E-state index contributed by atoms with van der Waals surface area (Å²) in [6, 6.07) is 8.94. The van der Waals surface area contributed by atoms with E-state index < -0.39 is 0 Å². The van der Waals surface area contributed by atoms with E-state index in [2.05, 4.69) is 51.7 Å². The zero-order chi connectivity index (χ0) is 24.0. The lowest BCUT2D eigenvalue weighted by Crippen LogP contribution is -2.43. The summed E-state index contributed by atoms with van der Waals surface area (Å²) < 4.78 is 1.16. The molecule has 0 aliphatic carbocycles. The summed E-state index contributed by atoms with van der Waals surface area (Å²) in [5.41, 5.74) is 2.67. The van der Waals surface area contributed by atoms with Gasteiger partial charge in [-0.25, -0.2) is 0 Å². The summed E-state index contributed by atoms with van der Waals surface area (Å²) in [5.74, 6) is 0. The molecule has 0 aromatic heterocycles. The molecule has 0 bridgehead atoms. The highest BCUT2D eigenvalue weighted by Gasteiger charge is 2.19. The Morgan fingerprint density at radius 1 is 0.606 bits per heavy atom. The molecule has 1 heteroatoms. The van der Waals surface area contributed by atoms with E-state index in [4.69, 9.17) is 0 Å². The third-order valence-corrected chi connectivity index (χ3v) is 7.59. The Hall–Kier alpha value is -1.08. The smallest absolute Gasteiger partial charge is 0.104 e. The minimum Gasteiger partial charge on any atom is -0.323 e. The fourth-order valence-corrected chi connectivity index (χ4v) is 4.94. The van der Waals surface area contributed by atoms with Crippen molar-refractivity contribution in [1.29, 1.82) is 0 Å². The third-order valence-electron chi connectivity index (χ3n) is 7.59. The van der Waals surface area contributed by atoms with Gasteiger partial charge in [-0.2, -0.15) is 0 Å². The molecule has 0 aliphatic heterocycles. The normalized spacial score (nSPS) is 13.2. The van der Waals surface area contributed by atoms with Crippen LogP contribution in [0.3, 0.4) is 0 Å². The van der Waals surface area contributed by atoms with Crippen LogP contribution in [-0.4, -0.2) is 24.6 Å². The second-order valence-corrected chi connectivity index (χ2v) is 10.8. The third kappa shape index (κ3) is 16.2. The van der Waals surface area contributed by atoms with Gasteiger partial charge in [0.2, 0.25) is 0 Å². The molecule has 0 radical (unpaired) electrons. The molecule has 0 heterocycles. The Labute approximate surface area is 208 Å². The number of benzene rings is 1. The molecule has 190 valence electrons. The number of unbranched alkanes of at least 4 members (excludes halogenated alkanes) is 17. The molecular formula is C32H58N+. The van der Waals surface area contributed by atoms with Crippen LogP contribution in [0.1, 0.15) is 141 Å². The van der Waals surface area contributed by atoms with Gasteiger partial charge in [-0.3, -0.25) is 0 Å². The lowest BCUT2D eigenvalue weighted by molar-refractivity contribution is -0.921. The second kappa shape index (κ2) is 20.3. The summed E-state index contributed by atoms with van der Waals surface area (Å²) >= 11 is 0. The van der Waals surface area contributed by atoms with E-state index in [1.165, 1.54) is 140 Å². The van der Waals surface area contributed by atoms with Crippen molar-refractivity contribution < 1.29 is 4.48 Å². The topological polar surface area (TPSA) is 0 Å². The zero-order valence-electron chi connectivity index (χ0n) is 22.9. The van der Waals surface area contributed by atoms with Gasteiger partial charge in [0.1, 0.15) is 6.54 Å². The van der Waals surface area contributed by atoms with E-state index in [0.29, 0.717) is 0 Å². The van der Waals surface area contributed by atoms with Gasteiger partial charge in [-0.15, -0.1) is 0 Å². The molecule has 0 aliphatic rings. The first-order valence-electron chi connectivity index (χ1n) is 14.7. The van der Waals surface area contributed by atoms with Gasteiger partial charge in [0.15, 0.2) is 0 Å². The van der Waals surface area contributed by atoms with Crippen molar-refractivity contribution in [1.82, 2.24) is 0 Å². The van der Waals surface area contributed by atoms with E-state index in [1.807, 2.05) is 6.08 Å². The Kier molecular flexibility index (Phi) is 18.4. The number of nitrogens with zero attached hydrogens (tertiary/aromatic N) is 1. The minimum absolute atomic E-state index is 1.15. The maximum absolute atomic E-state index is 3.86. The van der Waals surface area contributed by atoms with Gasteiger partial charge in [0.25, 0.3) is 0 Å². The first-order chi connectivity index (χ1) is 16.1. The van der Waals surface area contributed by atoms with E-state index in [0.717, 1.165) is 11.0 Å². The van der Waals surface area contributed by atoms with Gasteiger partial charge >= 0.3 is 0 Å². The number of rotatable bonds is 23. The SMILES string of the molecule is C=Cc1ccc(C[N+](C)(CC)CCCCCCCCCCCCCCCCCCCC)cc1. The van der Waals surface area contributed by atoms with Gasteiger partial charge in [-0.05, 0) is 25.3 Å². The van der Waals surface area contributed by atoms with Crippen LogP contribution in [-0.2, 0) is 6.54 Å². The summed E-state index contributed by atoms with van der Waals surface area (Å²) in [6.07, 6.45) is 28.0. The molecule has 0 fully saturated rings. The predicted octanol–water partition coefficient (Wildman–Crippen LogP) is 10.3. The molecule has 0 saturated heterocycles. The van der Waals surface area contributed by atoms with Crippen LogP contribution in [0, 0.1) is 0 Å².